The first-order valence-corrected chi connectivity index (χ1v) is 4.13. The molecular weight excluding hydrogens is 187 g/mol. The normalized spacial score (nSPS) is 12.6. The molecule has 1 aromatic carbocycles. The molecule has 5 heteroatoms. The summed E-state index contributed by atoms with van der Waals surface area (Å²) in [6.07, 6.45) is 0. The van der Waals surface area contributed by atoms with Crippen LogP contribution >= 0.6 is 0 Å². The van der Waals surface area contributed by atoms with E-state index in [1.54, 1.807) is 6.92 Å². The van der Waals surface area contributed by atoms with Crippen molar-refractivity contribution in [2.75, 3.05) is 0 Å². The summed E-state index contributed by atoms with van der Waals surface area (Å²) in [5.74, 6) is -0.467. The second-order valence-electron chi connectivity index (χ2n) is 3.21. The van der Waals surface area contributed by atoms with Gasteiger partial charge in [0.15, 0.2) is 0 Å². The molecule has 1 rings (SSSR count). The van der Waals surface area contributed by atoms with E-state index in [0.29, 0.717) is 0 Å². The van der Waals surface area contributed by atoms with E-state index in [1.807, 2.05) is 0 Å². The van der Waals surface area contributed by atoms with E-state index in [-0.39, 0.29) is 16.8 Å². The fraction of sp³-hybridized carbons (Fsp3) is 0.333. The molecule has 1 atom stereocenters. The third-order valence-electron chi connectivity index (χ3n) is 1.97. The Hall–Kier alpha value is -1.49. The average molecular weight is 198 g/mol. The lowest BCUT2D eigenvalue weighted by Gasteiger charge is -2.08. The summed E-state index contributed by atoms with van der Waals surface area (Å²) in [5.41, 5.74) is 5.78. The minimum atomic E-state index is -0.557. The first kappa shape index (κ1) is 10.6. The van der Waals surface area contributed by atoms with Crippen molar-refractivity contribution in [2.45, 2.75) is 19.9 Å². The monoisotopic (exact) mass is 198 g/mol. The Morgan fingerprint density at radius 3 is 2.57 bits per heavy atom. The van der Waals surface area contributed by atoms with Crippen LogP contribution in [0.1, 0.15) is 24.1 Å². The molecule has 14 heavy (non-hydrogen) atoms. The molecule has 0 heterocycles. The van der Waals surface area contributed by atoms with Crippen LogP contribution < -0.4 is 5.73 Å². The van der Waals surface area contributed by atoms with Gasteiger partial charge in [-0.3, -0.25) is 10.1 Å². The van der Waals surface area contributed by atoms with E-state index in [4.69, 9.17) is 5.73 Å². The number of hydrogen-bond acceptors (Lipinski definition) is 3. The molecule has 0 aliphatic heterocycles. The second-order valence-corrected chi connectivity index (χ2v) is 3.21. The van der Waals surface area contributed by atoms with Crippen LogP contribution in [-0.2, 0) is 0 Å². The Labute approximate surface area is 80.7 Å². The van der Waals surface area contributed by atoms with Crippen molar-refractivity contribution < 1.29 is 9.31 Å². The molecule has 2 N–H and O–H groups in total. The highest BCUT2D eigenvalue weighted by molar-refractivity contribution is 5.41. The summed E-state index contributed by atoms with van der Waals surface area (Å²) in [6, 6.07) is 1.82. The van der Waals surface area contributed by atoms with Crippen molar-refractivity contribution >= 4 is 5.69 Å². The predicted molar refractivity (Wildman–Crippen MR) is 50.4 cm³/mol. The van der Waals surface area contributed by atoms with E-state index >= 15 is 0 Å². The Bertz CT molecular complexity index is 377. The number of non-ortho nitro benzene ring substituents is 1. The van der Waals surface area contributed by atoms with Crippen LogP contribution in [0.3, 0.4) is 0 Å². The Morgan fingerprint density at radius 2 is 2.14 bits per heavy atom. The zero-order valence-corrected chi connectivity index (χ0v) is 7.95. The van der Waals surface area contributed by atoms with Crippen LogP contribution in [-0.4, -0.2) is 4.92 Å². The molecule has 0 unspecified atom stereocenters. The number of nitrogens with two attached hydrogens (primary N) is 1. The van der Waals surface area contributed by atoms with Gasteiger partial charge in [0.05, 0.1) is 4.92 Å². The van der Waals surface area contributed by atoms with Gasteiger partial charge in [-0.05, 0) is 19.4 Å². The fourth-order valence-corrected chi connectivity index (χ4v) is 1.21. The largest absolute Gasteiger partial charge is 0.324 e. The maximum atomic E-state index is 13.4. The second kappa shape index (κ2) is 3.71. The number of benzene rings is 1. The Balaban J connectivity index is 3.35. The summed E-state index contributed by atoms with van der Waals surface area (Å²) in [6.45, 7) is 3.07. The lowest BCUT2D eigenvalue weighted by atomic mass is 10.0. The molecule has 0 radical (unpaired) electrons. The van der Waals surface area contributed by atoms with Crippen LogP contribution in [0.25, 0.3) is 0 Å². The van der Waals surface area contributed by atoms with Crippen LogP contribution in [0, 0.1) is 22.9 Å². The van der Waals surface area contributed by atoms with Crippen LogP contribution in [0.4, 0.5) is 10.1 Å². The van der Waals surface area contributed by atoms with E-state index in [2.05, 4.69) is 0 Å². The van der Waals surface area contributed by atoms with Gasteiger partial charge in [0.2, 0.25) is 0 Å². The number of rotatable bonds is 2. The molecule has 76 valence electrons. The van der Waals surface area contributed by atoms with E-state index in [9.17, 15) is 14.5 Å². The Morgan fingerprint density at radius 1 is 1.57 bits per heavy atom. The summed E-state index contributed by atoms with van der Waals surface area (Å²) < 4.78 is 13.4. The van der Waals surface area contributed by atoms with Crippen LogP contribution in [0.2, 0.25) is 0 Å². The summed E-state index contributed by atoms with van der Waals surface area (Å²) in [5, 5.41) is 10.5. The topological polar surface area (TPSA) is 69.2 Å². The van der Waals surface area contributed by atoms with Crippen LogP contribution in [0.15, 0.2) is 12.1 Å². The first-order valence-electron chi connectivity index (χ1n) is 4.13. The minimum absolute atomic E-state index is 0.129. The predicted octanol–water partition coefficient (Wildman–Crippen LogP) is 2.06. The summed E-state index contributed by atoms with van der Waals surface area (Å²) >= 11 is 0. The van der Waals surface area contributed by atoms with Crippen molar-refractivity contribution in [1.29, 1.82) is 0 Å². The fourth-order valence-electron chi connectivity index (χ4n) is 1.21. The van der Waals surface area contributed by atoms with Crippen LogP contribution in [0.5, 0.6) is 0 Å². The number of halogens is 1. The summed E-state index contributed by atoms with van der Waals surface area (Å²) in [7, 11) is 0. The van der Waals surface area contributed by atoms with Gasteiger partial charge in [0.25, 0.3) is 5.69 Å². The lowest BCUT2D eigenvalue weighted by molar-refractivity contribution is -0.385. The molecule has 1 aromatic rings. The van der Waals surface area contributed by atoms with Gasteiger partial charge in [0, 0.05) is 23.7 Å². The highest BCUT2D eigenvalue weighted by Gasteiger charge is 2.16. The number of aryl methyl sites for hydroxylation is 1. The van der Waals surface area contributed by atoms with E-state index < -0.39 is 16.8 Å². The van der Waals surface area contributed by atoms with Gasteiger partial charge < -0.3 is 5.73 Å². The number of nitrogens with zero attached hydrogens (tertiary/aromatic N) is 1. The quantitative estimate of drug-likeness (QED) is 0.584. The maximum absolute atomic E-state index is 13.4. The zero-order valence-electron chi connectivity index (χ0n) is 7.95. The van der Waals surface area contributed by atoms with Crippen molar-refractivity contribution in [3.8, 4) is 0 Å². The highest BCUT2D eigenvalue weighted by atomic mass is 19.1. The van der Waals surface area contributed by atoms with Gasteiger partial charge >= 0.3 is 0 Å². The van der Waals surface area contributed by atoms with Gasteiger partial charge in [-0.15, -0.1) is 0 Å². The van der Waals surface area contributed by atoms with Gasteiger partial charge in [-0.2, -0.15) is 0 Å². The molecule has 0 aromatic heterocycles. The molecule has 0 aliphatic carbocycles. The van der Waals surface area contributed by atoms with Crippen molar-refractivity contribution in [3.63, 3.8) is 0 Å². The van der Waals surface area contributed by atoms with E-state index in [1.165, 1.54) is 19.1 Å². The van der Waals surface area contributed by atoms with Gasteiger partial charge in [-0.25, -0.2) is 4.39 Å². The smallest absolute Gasteiger partial charge is 0.270 e. The van der Waals surface area contributed by atoms with E-state index in [0.717, 1.165) is 0 Å². The number of nitro benzene ring substituents is 1. The first-order chi connectivity index (χ1) is 6.43. The third kappa shape index (κ3) is 1.88. The van der Waals surface area contributed by atoms with Crippen molar-refractivity contribution in [3.05, 3.63) is 39.2 Å². The SMILES string of the molecule is Cc1cc([N+](=O)[O-])cc([C@@H](C)N)c1F. The summed E-state index contributed by atoms with van der Waals surface area (Å²) in [4.78, 5) is 9.92. The van der Waals surface area contributed by atoms with Gasteiger partial charge in [-0.1, -0.05) is 0 Å². The molecular formula is C9H11FN2O2. The number of nitro groups is 1. The third-order valence-corrected chi connectivity index (χ3v) is 1.97. The zero-order chi connectivity index (χ0) is 10.9. The molecule has 0 aliphatic rings. The Kier molecular flexibility index (Phi) is 2.81. The molecule has 0 bridgehead atoms. The molecule has 4 nitrogen and oxygen atoms in total. The minimum Gasteiger partial charge on any atom is -0.324 e. The van der Waals surface area contributed by atoms with Gasteiger partial charge in [0.1, 0.15) is 5.82 Å². The standard InChI is InChI=1S/C9H11FN2O2/c1-5-3-7(12(13)14)4-8(6(2)11)9(5)10/h3-4,6H,11H2,1-2H3/t6-/m1/s1. The highest BCUT2D eigenvalue weighted by Crippen LogP contribution is 2.24. The lowest BCUT2D eigenvalue weighted by Crippen LogP contribution is -2.09. The average Bonchev–Trinajstić information content (AvgIpc) is 2.08. The van der Waals surface area contributed by atoms with Crippen molar-refractivity contribution in [1.82, 2.24) is 0 Å². The molecule has 0 saturated carbocycles. The maximum Gasteiger partial charge on any atom is 0.270 e. The molecule has 0 spiro atoms. The van der Waals surface area contributed by atoms with Crippen molar-refractivity contribution in [2.24, 2.45) is 5.73 Å². The molecule has 0 fully saturated rings. The number of hydrogen-bond donors (Lipinski definition) is 1. The molecule has 0 saturated heterocycles. The molecule has 0 amide bonds.